The number of hydrogen-bond donors (Lipinski definition) is 1. The van der Waals surface area contributed by atoms with Crippen LogP contribution in [0.4, 0.5) is 8.78 Å². The van der Waals surface area contributed by atoms with Gasteiger partial charge in [0, 0.05) is 16.1 Å². The molecule has 0 fully saturated rings. The molecule has 1 nitrogen and oxygen atoms in total. The molecule has 2 aromatic carbocycles. The summed E-state index contributed by atoms with van der Waals surface area (Å²) in [5.41, 5.74) is 7.04. The van der Waals surface area contributed by atoms with Gasteiger partial charge in [-0.2, -0.15) is 0 Å². The van der Waals surface area contributed by atoms with Crippen molar-refractivity contribution in [2.45, 2.75) is 12.5 Å². The van der Waals surface area contributed by atoms with Gasteiger partial charge in [-0.25, -0.2) is 8.78 Å². The summed E-state index contributed by atoms with van der Waals surface area (Å²) in [5.74, 6) is -0.869. The minimum Gasteiger partial charge on any atom is -0.324 e. The largest absolute Gasteiger partial charge is 0.324 e. The van der Waals surface area contributed by atoms with E-state index in [-0.39, 0.29) is 10.8 Å². The van der Waals surface area contributed by atoms with Gasteiger partial charge < -0.3 is 5.73 Å². The van der Waals surface area contributed by atoms with Gasteiger partial charge in [0.15, 0.2) is 0 Å². The van der Waals surface area contributed by atoms with Crippen molar-refractivity contribution < 1.29 is 8.78 Å². The molecule has 2 aromatic rings. The van der Waals surface area contributed by atoms with Gasteiger partial charge in [-0.05, 0) is 42.3 Å². The van der Waals surface area contributed by atoms with E-state index in [2.05, 4.69) is 15.9 Å². The Kier molecular flexibility index (Phi) is 4.55. The van der Waals surface area contributed by atoms with Crippen LogP contribution >= 0.6 is 27.5 Å². The molecule has 0 aliphatic rings. The Balaban J connectivity index is 2.22. The Morgan fingerprint density at radius 1 is 1.11 bits per heavy atom. The molecular formula is C14H11BrClF2N. The lowest BCUT2D eigenvalue weighted by atomic mass is 9.99. The van der Waals surface area contributed by atoms with Gasteiger partial charge >= 0.3 is 0 Å². The highest BCUT2D eigenvalue weighted by molar-refractivity contribution is 9.10. The number of rotatable bonds is 3. The summed E-state index contributed by atoms with van der Waals surface area (Å²) in [4.78, 5) is 0. The molecule has 1 unspecified atom stereocenters. The third-order valence-corrected chi connectivity index (χ3v) is 3.60. The normalized spacial score (nSPS) is 12.5. The van der Waals surface area contributed by atoms with Gasteiger partial charge in [-0.15, -0.1) is 0 Å². The lowest BCUT2D eigenvalue weighted by molar-refractivity contribution is 0.578. The molecule has 1 atom stereocenters. The molecule has 0 saturated heterocycles. The van der Waals surface area contributed by atoms with Gasteiger partial charge in [0.2, 0.25) is 0 Å². The van der Waals surface area contributed by atoms with E-state index in [0.29, 0.717) is 17.5 Å². The Morgan fingerprint density at radius 2 is 1.84 bits per heavy atom. The molecule has 19 heavy (non-hydrogen) atoms. The zero-order valence-corrected chi connectivity index (χ0v) is 12.2. The van der Waals surface area contributed by atoms with Gasteiger partial charge in [-0.1, -0.05) is 33.6 Å². The van der Waals surface area contributed by atoms with Gasteiger partial charge in [0.1, 0.15) is 11.6 Å². The first-order chi connectivity index (χ1) is 8.97. The molecule has 0 amide bonds. The van der Waals surface area contributed by atoms with Crippen LogP contribution in [0.25, 0.3) is 0 Å². The fourth-order valence-corrected chi connectivity index (χ4v) is 2.33. The smallest absolute Gasteiger partial charge is 0.142 e. The van der Waals surface area contributed by atoms with E-state index in [1.165, 1.54) is 18.2 Å². The summed E-state index contributed by atoms with van der Waals surface area (Å²) < 4.78 is 27.7. The first kappa shape index (κ1) is 14.4. The first-order valence-corrected chi connectivity index (χ1v) is 6.79. The molecule has 2 N–H and O–H groups in total. The Labute approximate surface area is 123 Å². The van der Waals surface area contributed by atoms with Crippen LogP contribution in [0.5, 0.6) is 0 Å². The Morgan fingerprint density at radius 3 is 2.53 bits per heavy atom. The standard InChI is InChI=1S/C14H11BrClF2N/c15-9-2-4-12(17)10(7-9)14(19)6-8-1-3-11(16)13(18)5-8/h1-5,7,14H,6,19H2. The molecule has 0 radical (unpaired) electrons. The monoisotopic (exact) mass is 345 g/mol. The molecule has 0 aliphatic heterocycles. The third kappa shape index (κ3) is 3.53. The van der Waals surface area contributed by atoms with Crippen LogP contribution < -0.4 is 5.73 Å². The van der Waals surface area contributed by atoms with Crippen molar-refractivity contribution in [2.75, 3.05) is 0 Å². The molecule has 0 bridgehead atoms. The molecule has 5 heteroatoms. The van der Waals surface area contributed by atoms with Crippen molar-refractivity contribution in [3.63, 3.8) is 0 Å². The molecule has 0 heterocycles. The average Bonchev–Trinajstić information content (AvgIpc) is 2.36. The van der Waals surface area contributed by atoms with E-state index < -0.39 is 11.9 Å². The van der Waals surface area contributed by atoms with Gasteiger partial charge in [-0.3, -0.25) is 0 Å². The zero-order chi connectivity index (χ0) is 14.0. The highest BCUT2D eigenvalue weighted by Crippen LogP contribution is 2.24. The van der Waals surface area contributed by atoms with Crippen LogP contribution in [0.15, 0.2) is 40.9 Å². The van der Waals surface area contributed by atoms with E-state index in [1.54, 1.807) is 18.2 Å². The lowest BCUT2D eigenvalue weighted by Gasteiger charge is -2.14. The average molecular weight is 347 g/mol. The number of nitrogens with two attached hydrogens (primary N) is 1. The van der Waals surface area contributed by atoms with Gasteiger partial charge in [0.25, 0.3) is 0 Å². The maximum atomic E-state index is 13.7. The van der Waals surface area contributed by atoms with E-state index in [9.17, 15) is 8.78 Å². The zero-order valence-electron chi connectivity index (χ0n) is 9.84. The highest BCUT2D eigenvalue weighted by Gasteiger charge is 2.13. The Hall–Kier alpha value is -0.970. The van der Waals surface area contributed by atoms with Crippen molar-refractivity contribution in [2.24, 2.45) is 5.73 Å². The quantitative estimate of drug-likeness (QED) is 0.862. The predicted octanol–water partition coefficient (Wildman–Crippen LogP) is 4.62. The fourth-order valence-electron chi connectivity index (χ4n) is 1.83. The second kappa shape index (κ2) is 5.99. The summed E-state index contributed by atoms with van der Waals surface area (Å²) in [6.45, 7) is 0. The maximum absolute atomic E-state index is 13.7. The van der Waals surface area contributed by atoms with Crippen molar-refractivity contribution >= 4 is 27.5 Å². The maximum Gasteiger partial charge on any atom is 0.142 e. The van der Waals surface area contributed by atoms with Crippen LogP contribution in [0.1, 0.15) is 17.2 Å². The van der Waals surface area contributed by atoms with Crippen molar-refractivity contribution in [3.8, 4) is 0 Å². The molecule has 0 spiro atoms. The molecule has 0 aromatic heterocycles. The van der Waals surface area contributed by atoms with Crippen LogP contribution in [0.3, 0.4) is 0 Å². The SMILES string of the molecule is NC(Cc1ccc(Cl)c(F)c1)c1cc(Br)ccc1F. The van der Waals surface area contributed by atoms with Crippen LogP contribution in [-0.4, -0.2) is 0 Å². The third-order valence-electron chi connectivity index (χ3n) is 2.80. The summed E-state index contributed by atoms with van der Waals surface area (Å²) in [7, 11) is 0. The first-order valence-electron chi connectivity index (χ1n) is 5.62. The summed E-state index contributed by atoms with van der Waals surface area (Å²) in [6.07, 6.45) is 0.335. The van der Waals surface area contributed by atoms with E-state index in [0.717, 1.165) is 4.47 Å². The van der Waals surface area contributed by atoms with Crippen molar-refractivity contribution in [1.82, 2.24) is 0 Å². The van der Waals surface area contributed by atoms with Crippen molar-refractivity contribution in [3.05, 3.63) is 68.7 Å². The number of benzene rings is 2. The molecule has 0 aliphatic carbocycles. The minimum absolute atomic E-state index is 0.0611. The van der Waals surface area contributed by atoms with E-state index >= 15 is 0 Å². The Bertz CT molecular complexity index is 604. The summed E-state index contributed by atoms with van der Waals surface area (Å²) in [6, 6.07) is 8.51. The summed E-state index contributed by atoms with van der Waals surface area (Å²) >= 11 is 8.88. The van der Waals surface area contributed by atoms with E-state index in [1.807, 2.05) is 0 Å². The molecular weight excluding hydrogens is 336 g/mol. The molecule has 0 saturated carbocycles. The second-order valence-corrected chi connectivity index (χ2v) is 5.55. The molecule has 2 rings (SSSR count). The van der Waals surface area contributed by atoms with Crippen LogP contribution in [0.2, 0.25) is 5.02 Å². The second-order valence-electron chi connectivity index (χ2n) is 4.22. The number of halogens is 4. The number of hydrogen-bond acceptors (Lipinski definition) is 1. The van der Waals surface area contributed by atoms with Crippen LogP contribution in [0, 0.1) is 11.6 Å². The predicted molar refractivity (Wildman–Crippen MR) is 76.1 cm³/mol. The topological polar surface area (TPSA) is 26.0 Å². The summed E-state index contributed by atoms with van der Waals surface area (Å²) in [5, 5.41) is 0.0611. The lowest BCUT2D eigenvalue weighted by Crippen LogP contribution is -2.15. The fraction of sp³-hybridized carbons (Fsp3) is 0.143. The highest BCUT2D eigenvalue weighted by atomic mass is 79.9. The minimum atomic E-state index is -0.543. The van der Waals surface area contributed by atoms with Gasteiger partial charge in [0.05, 0.1) is 5.02 Å². The molecule has 100 valence electrons. The van der Waals surface area contributed by atoms with Crippen LogP contribution in [-0.2, 0) is 6.42 Å². The van der Waals surface area contributed by atoms with Crippen molar-refractivity contribution in [1.29, 1.82) is 0 Å². The van der Waals surface area contributed by atoms with E-state index in [4.69, 9.17) is 17.3 Å².